The Kier molecular flexibility index (Phi) is 5.41. The van der Waals surface area contributed by atoms with Crippen LogP contribution in [0, 0.1) is 5.41 Å². The molecule has 3 nitrogen and oxygen atoms in total. The second-order valence-corrected chi connectivity index (χ2v) is 7.04. The number of hydrogen-bond donors (Lipinski definition) is 1. The van der Waals surface area contributed by atoms with Gasteiger partial charge in [-0.1, -0.05) is 13.8 Å². The van der Waals surface area contributed by atoms with Crippen molar-refractivity contribution in [2.24, 2.45) is 5.41 Å². The van der Waals surface area contributed by atoms with Crippen LogP contribution in [0.3, 0.4) is 0 Å². The third kappa shape index (κ3) is 3.28. The molecule has 3 atom stereocenters. The van der Waals surface area contributed by atoms with E-state index in [0.29, 0.717) is 17.9 Å². The number of ether oxygens (including phenoxy) is 1. The molecule has 3 unspecified atom stereocenters. The molecular formula is C12H25NO2S. The maximum atomic E-state index is 12.2. The highest BCUT2D eigenvalue weighted by molar-refractivity contribution is 7.85. The Morgan fingerprint density at radius 3 is 2.75 bits per heavy atom. The van der Waals surface area contributed by atoms with Crippen LogP contribution in [0.5, 0.6) is 0 Å². The maximum absolute atomic E-state index is 12.2. The van der Waals surface area contributed by atoms with Gasteiger partial charge in [0.05, 0.1) is 5.25 Å². The van der Waals surface area contributed by atoms with Crippen molar-refractivity contribution in [2.75, 3.05) is 26.5 Å². The smallest absolute Gasteiger partial charge is 0.0506 e. The third-order valence-electron chi connectivity index (χ3n) is 3.63. The lowest BCUT2D eigenvalue weighted by Crippen LogP contribution is -2.44. The Labute approximate surface area is 102 Å². The van der Waals surface area contributed by atoms with Crippen molar-refractivity contribution in [1.29, 1.82) is 0 Å². The first kappa shape index (κ1) is 14.1. The molecule has 0 amide bonds. The molecule has 1 saturated carbocycles. The van der Waals surface area contributed by atoms with E-state index < -0.39 is 10.8 Å². The molecule has 1 rings (SSSR count). The molecule has 4 heteroatoms. The summed E-state index contributed by atoms with van der Waals surface area (Å²) >= 11 is 0. The van der Waals surface area contributed by atoms with Gasteiger partial charge in [0.25, 0.3) is 0 Å². The first-order chi connectivity index (χ1) is 7.53. The van der Waals surface area contributed by atoms with Crippen LogP contribution < -0.4 is 5.32 Å². The second-order valence-electron chi connectivity index (χ2n) is 5.26. The van der Waals surface area contributed by atoms with Gasteiger partial charge >= 0.3 is 0 Å². The quantitative estimate of drug-likeness (QED) is 0.724. The van der Waals surface area contributed by atoms with Gasteiger partial charge in [0.2, 0.25) is 0 Å². The number of methoxy groups -OCH3 is 1. The monoisotopic (exact) mass is 247 g/mol. The average molecular weight is 247 g/mol. The SMILES string of the molecule is CNC1C(S(=O)CCCOC)CCC1(C)C. The molecule has 0 aliphatic heterocycles. The molecule has 0 bridgehead atoms. The van der Waals surface area contributed by atoms with Crippen molar-refractivity contribution in [1.82, 2.24) is 5.32 Å². The standard InChI is InChI=1S/C12H25NO2S/c1-12(2)7-6-10(11(12)13-3)16(14)9-5-8-15-4/h10-11,13H,5-9H2,1-4H3. The average Bonchev–Trinajstić information content (AvgIpc) is 2.53. The van der Waals surface area contributed by atoms with E-state index in [9.17, 15) is 4.21 Å². The summed E-state index contributed by atoms with van der Waals surface area (Å²) in [7, 11) is 2.96. The number of rotatable bonds is 6. The predicted octanol–water partition coefficient (Wildman–Crippen LogP) is 1.55. The highest BCUT2D eigenvalue weighted by Gasteiger charge is 2.43. The van der Waals surface area contributed by atoms with Crippen LogP contribution in [-0.2, 0) is 15.5 Å². The zero-order valence-electron chi connectivity index (χ0n) is 10.9. The Hall–Kier alpha value is 0.0700. The fourth-order valence-electron chi connectivity index (χ4n) is 2.70. The van der Waals surface area contributed by atoms with Gasteiger partial charge in [-0.25, -0.2) is 0 Å². The Balaban J connectivity index is 2.50. The van der Waals surface area contributed by atoms with Crippen LogP contribution in [0.2, 0.25) is 0 Å². The van der Waals surface area contributed by atoms with Gasteiger partial charge in [0.1, 0.15) is 0 Å². The first-order valence-corrected chi connectivity index (χ1v) is 7.44. The molecule has 0 heterocycles. The zero-order chi connectivity index (χ0) is 12.2. The van der Waals surface area contributed by atoms with E-state index in [1.165, 1.54) is 6.42 Å². The van der Waals surface area contributed by atoms with Crippen LogP contribution in [0.25, 0.3) is 0 Å². The summed E-state index contributed by atoms with van der Waals surface area (Å²) in [6.45, 7) is 5.24. The fraction of sp³-hybridized carbons (Fsp3) is 1.00. The molecule has 0 aromatic carbocycles. The lowest BCUT2D eigenvalue weighted by molar-refractivity contribution is 0.200. The Morgan fingerprint density at radius 1 is 1.50 bits per heavy atom. The van der Waals surface area contributed by atoms with Crippen LogP contribution in [0.4, 0.5) is 0 Å². The number of hydrogen-bond acceptors (Lipinski definition) is 3. The normalized spacial score (nSPS) is 30.5. The Bertz CT molecular complexity index is 243. The van der Waals surface area contributed by atoms with E-state index in [0.717, 1.165) is 18.6 Å². The molecule has 1 fully saturated rings. The van der Waals surface area contributed by atoms with E-state index in [1.54, 1.807) is 7.11 Å². The summed E-state index contributed by atoms with van der Waals surface area (Å²) in [5.74, 6) is 0.771. The lowest BCUT2D eigenvalue weighted by atomic mass is 9.87. The van der Waals surface area contributed by atoms with Crippen molar-refractivity contribution in [3.63, 3.8) is 0 Å². The van der Waals surface area contributed by atoms with Gasteiger partial charge in [0, 0.05) is 36.3 Å². The summed E-state index contributed by atoms with van der Waals surface area (Å²) < 4.78 is 17.2. The minimum absolute atomic E-state index is 0.274. The molecule has 96 valence electrons. The van der Waals surface area contributed by atoms with Gasteiger partial charge in [0.15, 0.2) is 0 Å². The topological polar surface area (TPSA) is 38.3 Å². The molecule has 0 spiro atoms. The van der Waals surface area contributed by atoms with Gasteiger partial charge in [-0.15, -0.1) is 0 Å². The molecular weight excluding hydrogens is 222 g/mol. The fourth-order valence-corrected chi connectivity index (χ4v) is 4.59. The Morgan fingerprint density at radius 2 is 2.19 bits per heavy atom. The largest absolute Gasteiger partial charge is 0.385 e. The van der Waals surface area contributed by atoms with Gasteiger partial charge in [-0.05, 0) is 31.7 Å². The molecule has 0 saturated heterocycles. The zero-order valence-corrected chi connectivity index (χ0v) is 11.7. The van der Waals surface area contributed by atoms with E-state index >= 15 is 0 Å². The van der Waals surface area contributed by atoms with E-state index in [-0.39, 0.29) is 5.41 Å². The van der Waals surface area contributed by atoms with Crippen LogP contribution in [0.1, 0.15) is 33.1 Å². The first-order valence-electron chi connectivity index (χ1n) is 6.06. The van der Waals surface area contributed by atoms with Crippen molar-refractivity contribution in [3.8, 4) is 0 Å². The maximum Gasteiger partial charge on any atom is 0.0506 e. The summed E-state index contributed by atoms with van der Waals surface area (Å²) in [6, 6.07) is 0.385. The van der Waals surface area contributed by atoms with Crippen molar-refractivity contribution in [3.05, 3.63) is 0 Å². The molecule has 1 aliphatic rings. The van der Waals surface area contributed by atoms with E-state index in [2.05, 4.69) is 19.2 Å². The van der Waals surface area contributed by atoms with Crippen LogP contribution in [-0.4, -0.2) is 42.0 Å². The van der Waals surface area contributed by atoms with Gasteiger partial charge in [-0.3, -0.25) is 4.21 Å². The van der Waals surface area contributed by atoms with E-state index in [1.807, 2.05) is 7.05 Å². The molecule has 0 aromatic rings. The van der Waals surface area contributed by atoms with E-state index in [4.69, 9.17) is 4.74 Å². The minimum atomic E-state index is -0.716. The second kappa shape index (κ2) is 6.12. The third-order valence-corrected chi connectivity index (χ3v) is 5.50. The minimum Gasteiger partial charge on any atom is -0.385 e. The number of nitrogens with one attached hydrogen (secondary N) is 1. The molecule has 16 heavy (non-hydrogen) atoms. The lowest BCUT2D eigenvalue weighted by Gasteiger charge is -2.30. The van der Waals surface area contributed by atoms with Gasteiger partial charge < -0.3 is 10.1 Å². The van der Waals surface area contributed by atoms with Crippen molar-refractivity contribution in [2.45, 2.75) is 44.4 Å². The van der Waals surface area contributed by atoms with Crippen molar-refractivity contribution < 1.29 is 8.95 Å². The summed E-state index contributed by atoms with van der Waals surface area (Å²) in [5, 5.41) is 3.67. The predicted molar refractivity (Wildman–Crippen MR) is 69.2 cm³/mol. The summed E-state index contributed by atoms with van der Waals surface area (Å²) in [6.07, 6.45) is 3.15. The molecule has 0 radical (unpaired) electrons. The molecule has 1 N–H and O–H groups in total. The summed E-state index contributed by atoms with van der Waals surface area (Å²) in [5.41, 5.74) is 0.274. The summed E-state index contributed by atoms with van der Waals surface area (Å²) in [4.78, 5) is 0. The van der Waals surface area contributed by atoms with Crippen LogP contribution >= 0.6 is 0 Å². The molecule has 1 aliphatic carbocycles. The van der Waals surface area contributed by atoms with Gasteiger partial charge in [-0.2, -0.15) is 0 Å². The highest BCUT2D eigenvalue weighted by atomic mass is 32.2. The van der Waals surface area contributed by atoms with Crippen LogP contribution in [0.15, 0.2) is 0 Å². The highest BCUT2D eigenvalue weighted by Crippen LogP contribution is 2.39. The van der Waals surface area contributed by atoms with Crippen molar-refractivity contribution >= 4 is 10.8 Å². The molecule has 0 aromatic heterocycles.